The molecule has 0 spiro atoms. The molecule has 1 aliphatic rings. The molecule has 0 radical (unpaired) electrons. The quantitative estimate of drug-likeness (QED) is 0.533. The molecular weight excluding hydrogens is 380 g/mol. The molecule has 3 heterocycles. The molecule has 0 unspecified atom stereocenters. The number of nitrogens with zero attached hydrogens (tertiary/aromatic N) is 2. The van der Waals surface area contributed by atoms with Crippen molar-refractivity contribution in [2.75, 3.05) is 19.8 Å². The molecule has 30 heavy (non-hydrogen) atoms. The highest BCUT2D eigenvalue weighted by molar-refractivity contribution is 5.97. The van der Waals surface area contributed by atoms with E-state index in [2.05, 4.69) is 28.6 Å². The predicted molar refractivity (Wildman–Crippen MR) is 117 cm³/mol. The maximum absolute atomic E-state index is 13.0. The van der Waals surface area contributed by atoms with Crippen molar-refractivity contribution >= 4 is 21.9 Å². The van der Waals surface area contributed by atoms with Crippen LogP contribution in [0.4, 0.5) is 0 Å². The Morgan fingerprint density at radius 1 is 1.20 bits per heavy atom. The minimum absolute atomic E-state index is 0.223. The second-order valence-corrected chi connectivity index (χ2v) is 7.47. The van der Waals surface area contributed by atoms with E-state index in [0.717, 1.165) is 35.9 Å². The van der Waals surface area contributed by atoms with Crippen LogP contribution in [-0.2, 0) is 13.0 Å². The van der Waals surface area contributed by atoms with E-state index >= 15 is 0 Å². The van der Waals surface area contributed by atoms with Crippen LogP contribution in [-0.4, -0.2) is 34.3 Å². The Morgan fingerprint density at radius 2 is 2.00 bits per heavy atom. The van der Waals surface area contributed by atoms with Crippen molar-refractivity contribution in [3.05, 3.63) is 52.4 Å². The monoisotopic (exact) mass is 404 g/mol. The van der Waals surface area contributed by atoms with E-state index in [1.807, 2.05) is 18.3 Å². The van der Waals surface area contributed by atoms with Crippen LogP contribution in [0.2, 0.25) is 0 Å². The first kappa shape index (κ1) is 18.7. The third-order valence-corrected chi connectivity index (χ3v) is 5.58. The maximum Gasteiger partial charge on any atom is 0.275 e. The van der Waals surface area contributed by atoms with E-state index < -0.39 is 0 Å². The number of nitrogens with one attached hydrogen (secondary N) is 1. The van der Waals surface area contributed by atoms with Crippen molar-refractivity contribution in [2.24, 2.45) is 5.73 Å². The minimum atomic E-state index is -0.223. The number of para-hydroxylation sites is 1. The fourth-order valence-electron chi connectivity index (χ4n) is 4.16. The van der Waals surface area contributed by atoms with E-state index in [9.17, 15) is 4.79 Å². The van der Waals surface area contributed by atoms with E-state index in [1.54, 1.807) is 6.07 Å². The molecule has 0 saturated heterocycles. The van der Waals surface area contributed by atoms with Crippen LogP contribution in [0.3, 0.4) is 0 Å². The number of aromatic amines is 1. The smallest absolute Gasteiger partial charge is 0.275 e. The molecule has 0 atom stereocenters. The number of rotatable bonds is 5. The number of nitrogens with two attached hydrogens (primary N) is 1. The number of fused-ring (bicyclic) bond motifs is 3. The van der Waals surface area contributed by atoms with Gasteiger partial charge in [0.15, 0.2) is 11.5 Å². The first-order chi connectivity index (χ1) is 14.7. The molecule has 154 valence electrons. The van der Waals surface area contributed by atoms with Gasteiger partial charge in [0.1, 0.15) is 18.9 Å². The summed E-state index contributed by atoms with van der Waals surface area (Å²) in [6.07, 6.45) is 3.81. The lowest BCUT2D eigenvalue weighted by molar-refractivity contribution is 0.172. The lowest BCUT2D eigenvalue weighted by Gasteiger charge is -2.18. The van der Waals surface area contributed by atoms with Gasteiger partial charge < -0.3 is 24.8 Å². The SMILES string of the molecule is CCc1cccc2c(-c3nc4cc5c(cc4[nH]c3=O)OCCO5)cn(CCCN)c12. The molecule has 2 aromatic carbocycles. The molecule has 5 rings (SSSR count). The van der Waals surface area contributed by atoms with Crippen LogP contribution in [0.5, 0.6) is 11.5 Å². The Morgan fingerprint density at radius 3 is 2.77 bits per heavy atom. The van der Waals surface area contributed by atoms with Crippen molar-refractivity contribution < 1.29 is 9.47 Å². The summed E-state index contributed by atoms with van der Waals surface area (Å²) in [5.41, 5.74) is 10.5. The highest BCUT2D eigenvalue weighted by atomic mass is 16.6. The van der Waals surface area contributed by atoms with Crippen LogP contribution < -0.4 is 20.8 Å². The highest BCUT2D eigenvalue weighted by Gasteiger charge is 2.19. The van der Waals surface area contributed by atoms with Gasteiger partial charge in [-0.2, -0.15) is 0 Å². The van der Waals surface area contributed by atoms with E-state index in [0.29, 0.717) is 48.0 Å². The Balaban J connectivity index is 1.73. The Bertz CT molecular complexity index is 1310. The molecule has 4 aromatic rings. The lowest BCUT2D eigenvalue weighted by atomic mass is 10.1. The van der Waals surface area contributed by atoms with Crippen LogP contribution in [0.25, 0.3) is 33.2 Å². The second kappa shape index (κ2) is 7.50. The van der Waals surface area contributed by atoms with Gasteiger partial charge in [-0.25, -0.2) is 4.98 Å². The minimum Gasteiger partial charge on any atom is -0.486 e. The Labute approximate surface area is 173 Å². The normalized spacial score (nSPS) is 13.3. The first-order valence-electron chi connectivity index (χ1n) is 10.3. The van der Waals surface area contributed by atoms with Crippen LogP contribution in [0.1, 0.15) is 18.9 Å². The summed E-state index contributed by atoms with van der Waals surface area (Å²) in [4.78, 5) is 20.7. The lowest BCUT2D eigenvalue weighted by Crippen LogP contribution is -2.16. The largest absolute Gasteiger partial charge is 0.486 e. The first-order valence-corrected chi connectivity index (χ1v) is 10.3. The van der Waals surface area contributed by atoms with Gasteiger partial charge in [-0.05, 0) is 24.9 Å². The van der Waals surface area contributed by atoms with Crippen molar-refractivity contribution in [3.63, 3.8) is 0 Å². The molecule has 7 nitrogen and oxygen atoms in total. The summed E-state index contributed by atoms with van der Waals surface area (Å²) >= 11 is 0. The number of H-pyrrole nitrogens is 1. The molecule has 0 fully saturated rings. The summed E-state index contributed by atoms with van der Waals surface area (Å²) in [6.45, 7) is 4.56. The number of ether oxygens (including phenoxy) is 2. The number of hydrogen-bond donors (Lipinski definition) is 2. The second-order valence-electron chi connectivity index (χ2n) is 7.47. The zero-order chi connectivity index (χ0) is 20.7. The molecule has 0 saturated carbocycles. The third-order valence-electron chi connectivity index (χ3n) is 5.58. The molecule has 0 amide bonds. The maximum atomic E-state index is 13.0. The average Bonchev–Trinajstić information content (AvgIpc) is 3.14. The van der Waals surface area contributed by atoms with Crippen LogP contribution in [0, 0.1) is 0 Å². The van der Waals surface area contributed by atoms with Crippen LogP contribution in [0.15, 0.2) is 41.3 Å². The van der Waals surface area contributed by atoms with Gasteiger partial charge in [-0.3, -0.25) is 4.79 Å². The number of hydrogen-bond acceptors (Lipinski definition) is 5. The van der Waals surface area contributed by atoms with Gasteiger partial charge in [0, 0.05) is 35.8 Å². The van der Waals surface area contributed by atoms with Crippen molar-refractivity contribution in [1.82, 2.24) is 14.5 Å². The predicted octanol–water partition coefficient (Wildman–Crippen LogP) is 3.23. The van der Waals surface area contributed by atoms with E-state index in [1.165, 1.54) is 5.56 Å². The Kier molecular flexibility index (Phi) is 4.67. The van der Waals surface area contributed by atoms with Gasteiger partial charge in [0.2, 0.25) is 0 Å². The van der Waals surface area contributed by atoms with Crippen molar-refractivity contribution in [3.8, 4) is 22.8 Å². The van der Waals surface area contributed by atoms with Crippen molar-refractivity contribution in [2.45, 2.75) is 26.3 Å². The zero-order valence-electron chi connectivity index (χ0n) is 16.9. The molecule has 3 N–H and O–H groups in total. The van der Waals surface area contributed by atoms with Crippen LogP contribution >= 0.6 is 0 Å². The third kappa shape index (κ3) is 3.02. The summed E-state index contributed by atoms with van der Waals surface area (Å²) < 4.78 is 13.5. The molecule has 7 heteroatoms. The Hall–Kier alpha value is -3.32. The zero-order valence-corrected chi connectivity index (χ0v) is 16.9. The standard InChI is InChI=1S/C23H24N4O3/c1-2-14-5-3-6-15-16(13-27(22(14)15)8-4-7-24)21-23(28)26-18-12-20-19(11-17(18)25-21)29-9-10-30-20/h3,5-6,11-13H,2,4,7-10,24H2,1H3,(H,26,28). The van der Waals surface area contributed by atoms with Gasteiger partial charge >= 0.3 is 0 Å². The summed E-state index contributed by atoms with van der Waals surface area (Å²) in [6, 6.07) is 9.83. The summed E-state index contributed by atoms with van der Waals surface area (Å²) in [5, 5.41) is 1.03. The molecular formula is C23H24N4O3. The summed E-state index contributed by atoms with van der Waals surface area (Å²) in [5.74, 6) is 1.28. The summed E-state index contributed by atoms with van der Waals surface area (Å²) in [7, 11) is 0. The number of aryl methyl sites for hydroxylation is 2. The highest BCUT2D eigenvalue weighted by Crippen LogP contribution is 2.35. The molecule has 1 aliphatic heterocycles. The van der Waals surface area contributed by atoms with E-state index in [-0.39, 0.29) is 5.56 Å². The molecule has 2 aromatic heterocycles. The van der Waals surface area contributed by atoms with Gasteiger partial charge in [-0.1, -0.05) is 25.1 Å². The fourth-order valence-corrected chi connectivity index (χ4v) is 4.16. The topological polar surface area (TPSA) is 95.2 Å². The molecule has 0 aliphatic carbocycles. The van der Waals surface area contributed by atoms with Gasteiger partial charge in [0.25, 0.3) is 5.56 Å². The number of benzene rings is 2. The van der Waals surface area contributed by atoms with Crippen molar-refractivity contribution in [1.29, 1.82) is 0 Å². The molecule has 0 bridgehead atoms. The van der Waals surface area contributed by atoms with Gasteiger partial charge in [-0.15, -0.1) is 0 Å². The van der Waals surface area contributed by atoms with Gasteiger partial charge in [0.05, 0.1) is 16.6 Å². The van der Waals surface area contributed by atoms with E-state index in [4.69, 9.17) is 20.2 Å². The average molecular weight is 404 g/mol. The number of aromatic nitrogens is 3. The fraction of sp³-hybridized carbons (Fsp3) is 0.304.